The number of carbonyl (C=O) groups is 1. The van der Waals surface area contributed by atoms with Crippen LogP contribution in [0.25, 0.3) is 11.1 Å². The SMILES string of the molecule is CCC[C@H](C(O)c1nc2ccccc2o1)C(CS(=O)(=O)Cc1ccccc1)(C(N)=O)N(CCOC)C1CCOCC1. The number of nitrogens with zero attached hydrogens (tertiary/aromatic N) is 2. The molecule has 1 aromatic heterocycles. The van der Waals surface area contributed by atoms with Crippen molar-refractivity contribution in [2.24, 2.45) is 11.7 Å². The van der Waals surface area contributed by atoms with Gasteiger partial charge in [0.2, 0.25) is 11.8 Å². The molecule has 0 radical (unpaired) electrons. The second-order valence-electron chi connectivity index (χ2n) is 10.7. The number of carbonyl (C=O) groups excluding carboxylic acids is 1. The lowest BCUT2D eigenvalue weighted by atomic mass is 9.75. The normalized spacial score (nSPS) is 17.9. The number of aliphatic hydroxyl groups is 1. The average Bonchev–Trinajstić information content (AvgIpc) is 3.40. The number of hydrogen-bond donors (Lipinski definition) is 2. The molecule has 0 aliphatic carbocycles. The van der Waals surface area contributed by atoms with E-state index < -0.39 is 39.1 Å². The van der Waals surface area contributed by atoms with Crippen LogP contribution in [0.15, 0.2) is 59.0 Å². The molecule has 41 heavy (non-hydrogen) atoms. The largest absolute Gasteiger partial charge is 0.438 e. The molecule has 1 aliphatic heterocycles. The molecule has 0 saturated carbocycles. The van der Waals surface area contributed by atoms with Gasteiger partial charge in [0.25, 0.3) is 0 Å². The van der Waals surface area contributed by atoms with Gasteiger partial charge < -0.3 is 24.7 Å². The Morgan fingerprint density at radius 1 is 1.17 bits per heavy atom. The van der Waals surface area contributed by atoms with Gasteiger partial charge in [0.05, 0.1) is 18.1 Å². The third-order valence-electron chi connectivity index (χ3n) is 7.93. The molecule has 3 aromatic rings. The number of fused-ring (bicyclic) bond motifs is 1. The Bertz CT molecular complexity index is 1340. The summed E-state index contributed by atoms with van der Waals surface area (Å²) in [6.45, 7) is 3.33. The second kappa shape index (κ2) is 13.9. The van der Waals surface area contributed by atoms with E-state index >= 15 is 0 Å². The van der Waals surface area contributed by atoms with Crippen LogP contribution in [0.3, 0.4) is 0 Å². The smallest absolute Gasteiger partial charge is 0.239 e. The van der Waals surface area contributed by atoms with Crippen LogP contribution < -0.4 is 5.73 Å². The Morgan fingerprint density at radius 2 is 1.85 bits per heavy atom. The summed E-state index contributed by atoms with van der Waals surface area (Å²) in [5.74, 6) is -2.58. The second-order valence-corrected chi connectivity index (χ2v) is 12.8. The molecular formula is C30H41N3O7S. The Hall–Kier alpha value is -2.83. The van der Waals surface area contributed by atoms with Gasteiger partial charge in [-0.15, -0.1) is 0 Å². The molecule has 4 rings (SSSR count). The van der Waals surface area contributed by atoms with Crippen LogP contribution >= 0.6 is 0 Å². The summed E-state index contributed by atoms with van der Waals surface area (Å²) in [4.78, 5) is 20.3. The van der Waals surface area contributed by atoms with E-state index in [-0.39, 0.29) is 30.8 Å². The Balaban J connectivity index is 1.87. The molecule has 1 fully saturated rings. The van der Waals surface area contributed by atoms with Crippen molar-refractivity contribution in [1.29, 1.82) is 0 Å². The van der Waals surface area contributed by atoms with Gasteiger partial charge in [-0.05, 0) is 37.0 Å². The molecule has 2 heterocycles. The number of nitrogens with two attached hydrogens (primary N) is 1. The van der Waals surface area contributed by atoms with E-state index in [1.165, 1.54) is 0 Å². The van der Waals surface area contributed by atoms with Crippen molar-refractivity contribution < 1.29 is 32.2 Å². The van der Waals surface area contributed by atoms with Gasteiger partial charge in [-0.1, -0.05) is 55.8 Å². The van der Waals surface area contributed by atoms with E-state index in [4.69, 9.17) is 19.6 Å². The fourth-order valence-corrected chi connectivity index (χ4v) is 8.06. The highest BCUT2D eigenvalue weighted by molar-refractivity contribution is 7.90. The summed E-state index contributed by atoms with van der Waals surface area (Å²) < 4.78 is 44.9. The Labute approximate surface area is 241 Å². The number of sulfone groups is 1. The van der Waals surface area contributed by atoms with Crippen molar-refractivity contribution in [3.05, 3.63) is 66.1 Å². The molecule has 0 bridgehead atoms. The summed E-state index contributed by atoms with van der Waals surface area (Å²) in [5, 5.41) is 11.9. The van der Waals surface area contributed by atoms with Crippen LogP contribution in [0.5, 0.6) is 0 Å². The van der Waals surface area contributed by atoms with Crippen molar-refractivity contribution in [2.75, 3.05) is 39.2 Å². The number of benzene rings is 2. The van der Waals surface area contributed by atoms with Crippen molar-refractivity contribution >= 4 is 26.8 Å². The van der Waals surface area contributed by atoms with Crippen molar-refractivity contribution in [1.82, 2.24) is 9.88 Å². The average molecular weight is 588 g/mol. The minimum absolute atomic E-state index is 0.0226. The lowest BCUT2D eigenvalue weighted by Gasteiger charge is -2.51. The van der Waals surface area contributed by atoms with Crippen LogP contribution in [-0.2, 0) is 29.9 Å². The van der Waals surface area contributed by atoms with Gasteiger partial charge in [-0.3, -0.25) is 9.69 Å². The standard InChI is InChI=1S/C30H41N3O7S/c1-3-9-24(27(34)28-32-25-12-7-8-13-26(25)40-28)30(29(31)35,21-41(36,37)20-22-10-5-4-6-11-22)33(16-19-38-2)23-14-17-39-18-15-23/h4-8,10-13,23-24,27,34H,3,9,14-21H2,1-2H3,(H2,31,35)/t24-,27?,30?/m1/s1. The molecule has 2 unspecified atom stereocenters. The molecule has 3 N–H and O–H groups in total. The quantitative estimate of drug-likeness (QED) is 0.274. The predicted octanol–water partition coefficient (Wildman–Crippen LogP) is 3.24. The van der Waals surface area contributed by atoms with E-state index in [0.717, 1.165) is 0 Å². The van der Waals surface area contributed by atoms with Crippen LogP contribution in [0.4, 0.5) is 0 Å². The third-order valence-corrected chi connectivity index (χ3v) is 9.59. The Morgan fingerprint density at radius 3 is 2.49 bits per heavy atom. The summed E-state index contributed by atoms with van der Waals surface area (Å²) in [7, 11) is -2.37. The monoisotopic (exact) mass is 587 g/mol. The van der Waals surface area contributed by atoms with Gasteiger partial charge in [-0.2, -0.15) is 0 Å². The zero-order chi connectivity index (χ0) is 29.5. The molecule has 1 amide bonds. The molecule has 1 saturated heterocycles. The highest BCUT2D eigenvalue weighted by Crippen LogP contribution is 2.42. The number of ether oxygens (including phenoxy) is 2. The first kappa shape index (κ1) is 31.1. The lowest BCUT2D eigenvalue weighted by molar-refractivity contribution is -0.144. The number of amides is 1. The summed E-state index contributed by atoms with van der Waals surface area (Å²) in [6.07, 6.45) is 0.620. The first-order valence-electron chi connectivity index (χ1n) is 14.1. The van der Waals surface area contributed by atoms with Crippen molar-refractivity contribution in [3.8, 4) is 0 Å². The number of oxazole rings is 1. The molecule has 3 atom stereocenters. The first-order chi connectivity index (χ1) is 19.7. The predicted molar refractivity (Wildman–Crippen MR) is 156 cm³/mol. The fraction of sp³-hybridized carbons (Fsp3) is 0.533. The van der Waals surface area contributed by atoms with Gasteiger partial charge in [0.15, 0.2) is 15.4 Å². The summed E-state index contributed by atoms with van der Waals surface area (Å²) >= 11 is 0. The minimum Gasteiger partial charge on any atom is -0.438 e. The van der Waals surface area contributed by atoms with Crippen LogP contribution in [0, 0.1) is 5.92 Å². The highest BCUT2D eigenvalue weighted by Gasteiger charge is 2.56. The molecule has 10 nitrogen and oxygen atoms in total. The van der Waals surface area contributed by atoms with E-state index in [9.17, 15) is 18.3 Å². The lowest BCUT2D eigenvalue weighted by Crippen LogP contribution is -2.69. The topological polar surface area (TPSA) is 145 Å². The van der Waals surface area contributed by atoms with Gasteiger partial charge in [0, 0.05) is 38.8 Å². The number of primary amides is 1. The summed E-state index contributed by atoms with van der Waals surface area (Å²) in [6, 6.07) is 15.7. The number of rotatable bonds is 15. The van der Waals surface area contributed by atoms with Gasteiger partial charge in [0.1, 0.15) is 17.2 Å². The molecule has 1 aliphatic rings. The van der Waals surface area contributed by atoms with E-state index in [1.54, 1.807) is 49.6 Å². The number of hydrogen-bond acceptors (Lipinski definition) is 9. The zero-order valence-electron chi connectivity index (χ0n) is 23.8. The van der Waals surface area contributed by atoms with Gasteiger partial charge in [-0.25, -0.2) is 13.4 Å². The Kier molecular flexibility index (Phi) is 10.5. The number of aromatic nitrogens is 1. The van der Waals surface area contributed by atoms with Crippen LogP contribution in [0.1, 0.15) is 50.2 Å². The maximum absolute atomic E-state index is 14.0. The van der Waals surface area contributed by atoms with Crippen molar-refractivity contribution in [2.45, 2.75) is 56.0 Å². The van der Waals surface area contributed by atoms with E-state index in [0.29, 0.717) is 55.6 Å². The molecule has 224 valence electrons. The number of methoxy groups -OCH3 is 1. The third kappa shape index (κ3) is 7.15. The maximum atomic E-state index is 14.0. The number of para-hydroxylation sites is 2. The van der Waals surface area contributed by atoms with Gasteiger partial charge >= 0.3 is 0 Å². The fourth-order valence-electron chi connectivity index (χ4n) is 6.06. The molecule has 0 spiro atoms. The maximum Gasteiger partial charge on any atom is 0.239 e. The zero-order valence-corrected chi connectivity index (χ0v) is 24.6. The van der Waals surface area contributed by atoms with E-state index in [1.807, 2.05) is 24.0 Å². The number of aliphatic hydroxyl groups excluding tert-OH is 1. The van der Waals surface area contributed by atoms with Crippen LogP contribution in [-0.4, -0.2) is 80.1 Å². The molecule has 2 aromatic carbocycles. The molecule has 11 heteroatoms. The minimum atomic E-state index is -3.93. The first-order valence-corrected chi connectivity index (χ1v) is 15.9. The highest BCUT2D eigenvalue weighted by atomic mass is 32.2. The van der Waals surface area contributed by atoms with Crippen molar-refractivity contribution in [3.63, 3.8) is 0 Å². The van der Waals surface area contributed by atoms with Crippen LogP contribution in [0.2, 0.25) is 0 Å². The van der Waals surface area contributed by atoms with E-state index in [2.05, 4.69) is 4.98 Å². The summed E-state index contributed by atoms with van der Waals surface area (Å²) in [5.41, 5.74) is 6.15. The molecular weight excluding hydrogens is 546 g/mol.